The Labute approximate surface area is 117 Å². The number of nitrogens with two attached hydrogens (primary N) is 1. The lowest BCUT2D eigenvalue weighted by molar-refractivity contribution is 0.410. The summed E-state index contributed by atoms with van der Waals surface area (Å²) < 4.78 is 31.7. The Morgan fingerprint density at radius 3 is 2.55 bits per heavy atom. The maximum atomic E-state index is 13.6. The summed E-state index contributed by atoms with van der Waals surface area (Å²) in [6.45, 7) is 1.94. The summed E-state index contributed by atoms with van der Waals surface area (Å²) in [6, 6.07) is 8.82. The molecule has 2 rings (SSSR count). The van der Waals surface area contributed by atoms with E-state index >= 15 is 0 Å². The van der Waals surface area contributed by atoms with Crippen LogP contribution in [0.3, 0.4) is 0 Å². The van der Waals surface area contributed by atoms with E-state index in [1.165, 1.54) is 12.1 Å². The van der Waals surface area contributed by atoms with Gasteiger partial charge in [-0.2, -0.15) is 0 Å². The van der Waals surface area contributed by atoms with E-state index in [1.54, 1.807) is 7.11 Å². The van der Waals surface area contributed by atoms with Gasteiger partial charge in [0.25, 0.3) is 0 Å². The van der Waals surface area contributed by atoms with Crippen molar-refractivity contribution in [1.29, 1.82) is 0 Å². The Balaban J connectivity index is 2.21. The van der Waals surface area contributed by atoms with Crippen LogP contribution in [0.5, 0.6) is 5.75 Å². The quantitative estimate of drug-likeness (QED) is 0.928. The molecule has 0 aliphatic rings. The van der Waals surface area contributed by atoms with Crippen molar-refractivity contribution in [3.8, 4) is 5.75 Å². The molecule has 0 saturated heterocycles. The summed E-state index contributed by atoms with van der Waals surface area (Å²) >= 11 is 0. The summed E-state index contributed by atoms with van der Waals surface area (Å²) in [7, 11) is 1.59. The molecular weight excluding hydrogens is 260 g/mol. The van der Waals surface area contributed by atoms with Gasteiger partial charge in [0.05, 0.1) is 7.11 Å². The van der Waals surface area contributed by atoms with Gasteiger partial charge in [-0.05, 0) is 42.2 Å². The Bertz CT molecular complexity index is 613. The molecule has 0 aromatic heterocycles. The second-order valence-corrected chi connectivity index (χ2v) is 4.78. The molecule has 4 heteroatoms. The fourth-order valence-electron chi connectivity index (χ4n) is 2.11. The Kier molecular flexibility index (Phi) is 4.35. The molecule has 1 unspecified atom stereocenters. The van der Waals surface area contributed by atoms with Crippen LogP contribution in [-0.4, -0.2) is 7.11 Å². The fraction of sp³-hybridized carbons (Fsp3) is 0.250. The number of halogens is 2. The van der Waals surface area contributed by atoms with Crippen molar-refractivity contribution >= 4 is 0 Å². The minimum absolute atomic E-state index is 0.304. The van der Waals surface area contributed by atoms with Crippen LogP contribution in [0.15, 0.2) is 36.4 Å². The molecule has 0 heterocycles. The van der Waals surface area contributed by atoms with E-state index in [0.717, 1.165) is 22.9 Å². The van der Waals surface area contributed by atoms with E-state index < -0.39 is 11.6 Å². The zero-order valence-corrected chi connectivity index (χ0v) is 11.5. The van der Waals surface area contributed by atoms with Gasteiger partial charge in [-0.25, -0.2) is 8.78 Å². The van der Waals surface area contributed by atoms with Crippen LogP contribution < -0.4 is 10.5 Å². The SMILES string of the molecule is COc1cc(C(N)Cc2ccc(F)cc2F)ccc1C. The molecule has 0 aliphatic carbocycles. The zero-order chi connectivity index (χ0) is 14.7. The Morgan fingerprint density at radius 2 is 1.90 bits per heavy atom. The lowest BCUT2D eigenvalue weighted by Gasteiger charge is -2.15. The first-order valence-electron chi connectivity index (χ1n) is 6.35. The number of methoxy groups -OCH3 is 1. The number of rotatable bonds is 4. The summed E-state index contributed by atoms with van der Waals surface area (Å²) in [5.41, 5.74) is 8.36. The first-order chi connectivity index (χ1) is 9.51. The van der Waals surface area contributed by atoms with Crippen molar-refractivity contribution < 1.29 is 13.5 Å². The number of hydrogen-bond donors (Lipinski definition) is 1. The second kappa shape index (κ2) is 6.01. The average molecular weight is 277 g/mol. The maximum Gasteiger partial charge on any atom is 0.129 e. The van der Waals surface area contributed by atoms with E-state index in [2.05, 4.69) is 0 Å². The normalized spacial score (nSPS) is 12.2. The first kappa shape index (κ1) is 14.5. The van der Waals surface area contributed by atoms with Gasteiger partial charge in [-0.1, -0.05) is 18.2 Å². The highest BCUT2D eigenvalue weighted by Gasteiger charge is 2.12. The molecule has 0 aliphatic heterocycles. The van der Waals surface area contributed by atoms with Gasteiger partial charge >= 0.3 is 0 Å². The maximum absolute atomic E-state index is 13.6. The molecule has 0 radical (unpaired) electrons. The highest BCUT2D eigenvalue weighted by molar-refractivity contribution is 5.38. The smallest absolute Gasteiger partial charge is 0.129 e. The van der Waals surface area contributed by atoms with E-state index in [1.807, 2.05) is 25.1 Å². The third kappa shape index (κ3) is 3.14. The molecular formula is C16H17F2NO. The molecule has 0 fully saturated rings. The van der Waals surface area contributed by atoms with Gasteiger partial charge < -0.3 is 10.5 Å². The number of aryl methyl sites for hydroxylation is 1. The fourth-order valence-corrected chi connectivity index (χ4v) is 2.11. The van der Waals surface area contributed by atoms with Crippen LogP contribution in [0, 0.1) is 18.6 Å². The van der Waals surface area contributed by atoms with Crippen molar-refractivity contribution in [2.45, 2.75) is 19.4 Å². The summed E-state index contributed by atoms with van der Waals surface area (Å²) in [5.74, 6) is -0.408. The standard InChI is InChI=1S/C16H17F2NO/c1-10-3-4-12(8-16(10)20-2)15(19)7-11-5-6-13(17)9-14(11)18/h3-6,8-9,15H,7,19H2,1-2H3. The van der Waals surface area contributed by atoms with Crippen molar-refractivity contribution in [3.63, 3.8) is 0 Å². The lowest BCUT2D eigenvalue weighted by atomic mass is 9.98. The third-order valence-corrected chi connectivity index (χ3v) is 3.32. The zero-order valence-electron chi connectivity index (χ0n) is 11.5. The van der Waals surface area contributed by atoms with Crippen LogP contribution in [0.2, 0.25) is 0 Å². The largest absolute Gasteiger partial charge is 0.496 e. The minimum atomic E-state index is -0.586. The first-order valence-corrected chi connectivity index (χ1v) is 6.35. The van der Waals surface area contributed by atoms with E-state index in [0.29, 0.717) is 12.0 Å². The molecule has 0 saturated carbocycles. The monoisotopic (exact) mass is 277 g/mol. The van der Waals surface area contributed by atoms with Crippen molar-refractivity contribution in [1.82, 2.24) is 0 Å². The second-order valence-electron chi connectivity index (χ2n) is 4.78. The lowest BCUT2D eigenvalue weighted by Crippen LogP contribution is -2.14. The van der Waals surface area contributed by atoms with Crippen LogP contribution >= 0.6 is 0 Å². The molecule has 106 valence electrons. The van der Waals surface area contributed by atoms with Crippen LogP contribution in [-0.2, 0) is 6.42 Å². The summed E-state index contributed by atoms with van der Waals surface area (Å²) in [5, 5.41) is 0. The number of ether oxygens (including phenoxy) is 1. The Morgan fingerprint density at radius 1 is 1.15 bits per heavy atom. The summed E-state index contributed by atoms with van der Waals surface area (Å²) in [6.07, 6.45) is 0.304. The van der Waals surface area contributed by atoms with Crippen molar-refractivity contribution in [2.75, 3.05) is 7.11 Å². The molecule has 2 N–H and O–H groups in total. The van der Waals surface area contributed by atoms with Crippen molar-refractivity contribution in [2.24, 2.45) is 5.73 Å². The minimum Gasteiger partial charge on any atom is -0.496 e. The Hall–Kier alpha value is -1.94. The van der Waals surface area contributed by atoms with Gasteiger partial charge in [0.1, 0.15) is 17.4 Å². The van der Waals surface area contributed by atoms with E-state index in [4.69, 9.17) is 10.5 Å². The predicted molar refractivity (Wildman–Crippen MR) is 74.7 cm³/mol. The van der Waals surface area contributed by atoms with Crippen LogP contribution in [0.4, 0.5) is 8.78 Å². The van der Waals surface area contributed by atoms with Gasteiger partial charge in [0, 0.05) is 12.1 Å². The highest BCUT2D eigenvalue weighted by atomic mass is 19.1. The molecule has 2 nitrogen and oxygen atoms in total. The highest BCUT2D eigenvalue weighted by Crippen LogP contribution is 2.25. The molecule has 1 atom stereocenters. The van der Waals surface area contributed by atoms with Gasteiger partial charge in [0.15, 0.2) is 0 Å². The molecule has 2 aromatic carbocycles. The molecule has 0 bridgehead atoms. The summed E-state index contributed by atoms with van der Waals surface area (Å²) in [4.78, 5) is 0. The van der Waals surface area contributed by atoms with Crippen LogP contribution in [0.25, 0.3) is 0 Å². The predicted octanol–water partition coefficient (Wildman–Crippen LogP) is 3.52. The van der Waals surface area contributed by atoms with E-state index in [9.17, 15) is 8.78 Å². The van der Waals surface area contributed by atoms with E-state index in [-0.39, 0.29) is 6.04 Å². The van der Waals surface area contributed by atoms with Crippen molar-refractivity contribution in [3.05, 3.63) is 64.7 Å². The molecule has 2 aromatic rings. The average Bonchev–Trinajstić information content (AvgIpc) is 2.42. The molecule has 0 amide bonds. The van der Waals surface area contributed by atoms with Crippen LogP contribution in [0.1, 0.15) is 22.7 Å². The van der Waals surface area contributed by atoms with Gasteiger partial charge in [-0.3, -0.25) is 0 Å². The topological polar surface area (TPSA) is 35.2 Å². The number of benzene rings is 2. The van der Waals surface area contributed by atoms with Gasteiger partial charge in [0.2, 0.25) is 0 Å². The third-order valence-electron chi connectivity index (χ3n) is 3.32. The molecule has 0 spiro atoms. The van der Waals surface area contributed by atoms with Gasteiger partial charge in [-0.15, -0.1) is 0 Å². The molecule has 20 heavy (non-hydrogen) atoms. The number of hydrogen-bond acceptors (Lipinski definition) is 2.